The van der Waals surface area contributed by atoms with Crippen LogP contribution in [-0.2, 0) is 13.1 Å². The predicted molar refractivity (Wildman–Crippen MR) is 99.7 cm³/mol. The van der Waals surface area contributed by atoms with E-state index in [1.54, 1.807) is 0 Å². The smallest absolute Gasteiger partial charge is 0.178 e. The molecule has 0 saturated carbocycles. The van der Waals surface area contributed by atoms with Gasteiger partial charge in [-0.05, 0) is 12.8 Å². The third kappa shape index (κ3) is 6.82. The lowest BCUT2D eigenvalue weighted by Crippen LogP contribution is -2.36. The molecule has 0 aliphatic carbocycles. The van der Waals surface area contributed by atoms with Crippen LogP contribution in [0.2, 0.25) is 0 Å². The molecule has 2 rings (SSSR count). The highest BCUT2D eigenvalue weighted by molar-refractivity contribution is 4.94. The highest BCUT2D eigenvalue weighted by atomic mass is 14.9. The molecule has 0 bridgehead atoms. The summed E-state index contributed by atoms with van der Waals surface area (Å²) in [6.45, 7) is 6.71. The molecule has 24 heavy (non-hydrogen) atoms. The Labute approximate surface area is 148 Å². The summed E-state index contributed by atoms with van der Waals surface area (Å²) >= 11 is 0. The molecule has 2 heteroatoms. The molecule has 0 spiro atoms. The van der Waals surface area contributed by atoms with Crippen LogP contribution in [0, 0.1) is 13.8 Å². The van der Waals surface area contributed by atoms with E-state index in [0.717, 1.165) is 0 Å². The third-order valence-corrected chi connectivity index (χ3v) is 4.88. The summed E-state index contributed by atoms with van der Waals surface area (Å²) in [6.07, 6.45) is 15.3. The largest absolute Gasteiger partial charge is 0.203 e. The molecule has 0 aliphatic heterocycles. The van der Waals surface area contributed by atoms with Crippen LogP contribution in [0.25, 0.3) is 0 Å². The van der Waals surface area contributed by atoms with Gasteiger partial charge in [-0.15, -0.1) is 0 Å². The van der Waals surface area contributed by atoms with Crippen molar-refractivity contribution < 1.29 is 9.13 Å². The summed E-state index contributed by atoms with van der Waals surface area (Å²) in [5.74, 6) is 0. The molecule has 0 atom stereocenters. The standard InChI is InChI=1S/C22H34N2/c1-21-15-9-13-19-23(21)17-11-7-5-3-4-6-8-12-18-24-20-14-10-16-22(24)2/h9-10,13-16,19-20H,3-8,11-12,17-18H2,1-2H3/q+2. The van der Waals surface area contributed by atoms with Crippen molar-refractivity contribution in [2.75, 3.05) is 0 Å². The number of pyridine rings is 2. The minimum absolute atomic E-state index is 1.17. The molecule has 2 aromatic heterocycles. The lowest BCUT2D eigenvalue weighted by Gasteiger charge is -2.03. The molecule has 0 unspecified atom stereocenters. The van der Waals surface area contributed by atoms with Crippen LogP contribution >= 0.6 is 0 Å². The molecule has 2 aromatic rings. The summed E-state index contributed by atoms with van der Waals surface area (Å²) in [4.78, 5) is 0. The number of aryl methyl sites for hydroxylation is 4. The minimum Gasteiger partial charge on any atom is -0.203 e. The second-order valence-corrected chi connectivity index (χ2v) is 6.90. The summed E-state index contributed by atoms with van der Waals surface area (Å²) in [5.41, 5.74) is 2.73. The first-order valence-electron chi connectivity index (χ1n) is 9.67. The zero-order chi connectivity index (χ0) is 17.0. The summed E-state index contributed by atoms with van der Waals surface area (Å²) in [6, 6.07) is 12.9. The quantitative estimate of drug-likeness (QED) is 0.418. The molecule has 0 aliphatic rings. The van der Waals surface area contributed by atoms with Gasteiger partial charge in [0.15, 0.2) is 23.8 Å². The SMILES string of the molecule is Cc1cccc[n+]1CCCCCCCCCC[n+]1ccccc1C. The molecule has 0 N–H and O–H groups in total. The second-order valence-electron chi connectivity index (χ2n) is 6.90. The Balaban J connectivity index is 1.43. The molecule has 2 heterocycles. The number of aromatic nitrogens is 2. The molecule has 0 fully saturated rings. The Morgan fingerprint density at radius 3 is 1.29 bits per heavy atom. The van der Waals surface area contributed by atoms with Gasteiger partial charge in [-0.1, -0.05) is 37.8 Å². The van der Waals surface area contributed by atoms with Crippen LogP contribution in [0.5, 0.6) is 0 Å². The van der Waals surface area contributed by atoms with Gasteiger partial charge in [-0.2, -0.15) is 0 Å². The number of hydrogen-bond acceptors (Lipinski definition) is 0. The van der Waals surface area contributed by atoms with Crippen LogP contribution in [-0.4, -0.2) is 0 Å². The van der Waals surface area contributed by atoms with Gasteiger partial charge in [0.2, 0.25) is 0 Å². The summed E-state index contributed by atoms with van der Waals surface area (Å²) in [5, 5.41) is 0. The average molecular weight is 327 g/mol. The van der Waals surface area contributed by atoms with E-state index in [1.165, 1.54) is 75.8 Å². The van der Waals surface area contributed by atoms with Gasteiger partial charge in [-0.25, -0.2) is 9.13 Å². The summed E-state index contributed by atoms with van der Waals surface area (Å²) in [7, 11) is 0. The van der Waals surface area contributed by atoms with E-state index in [9.17, 15) is 0 Å². The Kier molecular flexibility index (Phi) is 8.51. The van der Waals surface area contributed by atoms with Crippen LogP contribution in [0.1, 0.15) is 62.8 Å². The molecule has 130 valence electrons. The maximum atomic E-state index is 2.36. The van der Waals surface area contributed by atoms with Crippen molar-refractivity contribution >= 4 is 0 Å². The Bertz CT molecular complexity index is 539. The normalized spacial score (nSPS) is 10.9. The van der Waals surface area contributed by atoms with E-state index in [0.29, 0.717) is 0 Å². The van der Waals surface area contributed by atoms with Crippen LogP contribution < -0.4 is 9.13 Å². The van der Waals surface area contributed by atoms with Gasteiger partial charge in [0.1, 0.15) is 13.1 Å². The molecule has 0 saturated heterocycles. The van der Waals surface area contributed by atoms with Gasteiger partial charge < -0.3 is 0 Å². The summed E-state index contributed by atoms with van der Waals surface area (Å²) < 4.78 is 4.73. The lowest BCUT2D eigenvalue weighted by atomic mass is 10.1. The number of nitrogens with zero attached hydrogens (tertiary/aromatic N) is 2. The zero-order valence-corrected chi connectivity index (χ0v) is 15.6. The van der Waals surface area contributed by atoms with Gasteiger partial charge in [0.05, 0.1) is 0 Å². The van der Waals surface area contributed by atoms with E-state index in [4.69, 9.17) is 0 Å². The minimum atomic E-state index is 1.17. The fourth-order valence-electron chi connectivity index (χ4n) is 3.25. The van der Waals surface area contributed by atoms with E-state index >= 15 is 0 Å². The maximum absolute atomic E-state index is 2.36. The van der Waals surface area contributed by atoms with Gasteiger partial charge in [-0.3, -0.25) is 0 Å². The number of hydrogen-bond donors (Lipinski definition) is 0. The van der Waals surface area contributed by atoms with Gasteiger partial charge >= 0.3 is 0 Å². The number of rotatable bonds is 11. The first-order chi connectivity index (χ1) is 11.8. The van der Waals surface area contributed by atoms with Gasteiger partial charge in [0, 0.05) is 51.0 Å². The van der Waals surface area contributed by atoms with Crippen LogP contribution in [0.4, 0.5) is 0 Å². The van der Waals surface area contributed by atoms with E-state index in [2.05, 4.69) is 71.8 Å². The predicted octanol–water partition coefficient (Wildman–Crippen LogP) is 4.70. The molecular formula is C22H34N2+2. The van der Waals surface area contributed by atoms with Crippen LogP contribution in [0.3, 0.4) is 0 Å². The average Bonchev–Trinajstić information content (AvgIpc) is 2.59. The van der Waals surface area contributed by atoms with Crippen molar-refractivity contribution in [3.8, 4) is 0 Å². The monoisotopic (exact) mass is 326 g/mol. The Hall–Kier alpha value is -1.70. The molecule has 2 nitrogen and oxygen atoms in total. The first-order valence-corrected chi connectivity index (χ1v) is 9.67. The van der Waals surface area contributed by atoms with Gasteiger partial charge in [0.25, 0.3) is 0 Å². The molecule has 0 aromatic carbocycles. The number of unbranched alkanes of at least 4 members (excludes halogenated alkanes) is 7. The molecule has 0 amide bonds. The fourth-order valence-corrected chi connectivity index (χ4v) is 3.25. The highest BCUT2D eigenvalue weighted by Gasteiger charge is 2.04. The fraction of sp³-hybridized carbons (Fsp3) is 0.545. The molecule has 0 radical (unpaired) electrons. The Morgan fingerprint density at radius 1 is 0.542 bits per heavy atom. The van der Waals surface area contributed by atoms with Crippen LogP contribution in [0.15, 0.2) is 48.8 Å². The van der Waals surface area contributed by atoms with Crippen molar-refractivity contribution in [3.63, 3.8) is 0 Å². The topological polar surface area (TPSA) is 7.76 Å². The maximum Gasteiger partial charge on any atom is 0.178 e. The van der Waals surface area contributed by atoms with Crippen molar-refractivity contribution in [3.05, 3.63) is 60.2 Å². The van der Waals surface area contributed by atoms with Crippen molar-refractivity contribution in [1.29, 1.82) is 0 Å². The zero-order valence-electron chi connectivity index (χ0n) is 15.6. The highest BCUT2D eigenvalue weighted by Crippen LogP contribution is 2.09. The van der Waals surface area contributed by atoms with E-state index in [-0.39, 0.29) is 0 Å². The van der Waals surface area contributed by atoms with E-state index < -0.39 is 0 Å². The lowest BCUT2D eigenvalue weighted by molar-refractivity contribution is -0.703. The first kappa shape index (κ1) is 18.6. The van der Waals surface area contributed by atoms with Crippen molar-refractivity contribution in [2.24, 2.45) is 0 Å². The van der Waals surface area contributed by atoms with Crippen molar-refractivity contribution in [1.82, 2.24) is 0 Å². The molecular weight excluding hydrogens is 292 g/mol. The van der Waals surface area contributed by atoms with E-state index in [1.807, 2.05) is 0 Å². The third-order valence-electron chi connectivity index (χ3n) is 4.88. The van der Waals surface area contributed by atoms with Crippen molar-refractivity contribution in [2.45, 2.75) is 78.3 Å². The Morgan fingerprint density at radius 2 is 0.917 bits per heavy atom. The second kappa shape index (κ2) is 11.0.